The first kappa shape index (κ1) is 10.0. The summed E-state index contributed by atoms with van der Waals surface area (Å²) in [6.07, 6.45) is 1.80. The fourth-order valence-electron chi connectivity index (χ4n) is 2.09. The molecule has 0 aliphatic carbocycles. The summed E-state index contributed by atoms with van der Waals surface area (Å²) in [6, 6.07) is 2.25. The molecule has 1 fully saturated rings. The maximum atomic E-state index is 6.17. The van der Waals surface area contributed by atoms with E-state index in [1.54, 1.807) is 6.20 Å². The van der Waals surface area contributed by atoms with Crippen molar-refractivity contribution in [1.29, 1.82) is 0 Å². The van der Waals surface area contributed by atoms with Gasteiger partial charge in [0.2, 0.25) is 0 Å². The molecule has 1 aliphatic rings. The van der Waals surface area contributed by atoms with Crippen molar-refractivity contribution in [2.45, 2.75) is 38.3 Å². The van der Waals surface area contributed by atoms with Crippen LogP contribution in [0.2, 0.25) is 38.3 Å². The average Bonchev–Trinajstić information content (AvgIpc) is 1.80. The van der Waals surface area contributed by atoms with Gasteiger partial charge in [-0.25, -0.2) is 0 Å². The monoisotopic (exact) mass is 201 g/mol. The lowest BCUT2D eigenvalue weighted by Gasteiger charge is -2.40. The molecule has 0 spiro atoms. The normalized spacial score (nSPS) is 26.8. The summed E-state index contributed by atoms with van der Waals surface area (Å²) < 4.78 is 6.17. The van der Waals surface area contributed by atoms with Crippen molar-refractivity contribution < 1.29 is 4.12 Å². The molecular formula is C8H19NOSi2. The number of allylic oxidation sites excluding steroid dienone is 1. The van der Waals surface area contributed by atoms with Gasteiger partial charge in [-0.15, -0.1) is 0 Å². The first-order valence-electron chi connectivity index (χ1n) is 4.44. The highest BCUT2D eigenvalue weighted by Crippen LogP contribution is 2.34. The molecular weight excluding hydrogens is 182 g/mol. The zero-order valence-corrected chi connectivity index (χ0v) is 10.5. The molecule has 0 atom stereocenters. The molecule has 1 heterocycles. The molecule has 0 amide bonds. The van der Waals surface area contributed by atoms with Gasteiger partial charge in [-0.05, 0) is 44.5 Å². The van der Waals surface area contributed by atoms with Crippen LogP contribution in [0.4, 0.5) is 0 Å². The van der Waals surface area contributed by atoms with E-state index in [-0.39, 0.29) is 0 Å². The Kier molecular flexibility index (Phi) is 2.51. The average molecular weight is 201 g/mol. The first-order valence-corrected chi connectivity index (χ1v) is 10.7. The van der Waals surface area contributed by atoms with Gasteiger partial charge in [0.25, 0.3) is 0 Å². The summed E-state index contributed by atoms with van der Waals surface area (Å²) in [6.45, 7) is 9.13. The molecule has 0 radical (unpaired) electrons. The molecule has 0 aromatic carbocycles. The van der Waals surface area contributed by atoms with E-state index in [0.717, 1.165) is 12.1 Å². The third kappa shape index (κ3) is 2.47. The lowest BCUT2D eigenvalue weighted by atomic mass is 10.4. The van der Waals surface area contributed by atoms with Crippen LogP contribution in [0.5, 0.6) is 0 Å². The molecule has 4 heteroatoms. The van der Waals surface area contributed by atoms with E-state index in [9.17, 15) is 0 Å². The minimum atomic E-state index is -1.40. The van der Waals surface area contributed by atoms with Gasteiger partial charge in [-0.2, -0.15) is 0 Å². The highest BCUT2D eigenvalue weighted by Gasteiger charge is 2.39. The molecule has 0 saturated carbocycles. The standard InChI is InChI=1S/C8H19NOSi2/c1-11(2)6-8(5-9)7-12(3,4)10-11/h5H,6-7,9H2,1-4H3. The van der Waals surface area contributed by atoms with Crippen molar-refractivity contribution in [3.05, 3.63) is 11.8 Å². The van der Waals surface area contributed by atoms with Gasteiger partial charge >= 0.3 is 0 Å². The Hall–Kier alpha value is -0.0662. The number of hydrogen-bond donors (Lipinski definition) is 1. The molecule has 0 aromatic heterocycles. The van der Waals surface area contributed by atoms with Crippen LogP contribution in [0.15, 0.2) is 11.8 Å². The highest BCUT2D eigenvalue weighted by atomic mass is 28.4. The third-order valence-electron chi connectivity index (χ3n) is 2.09. The van der Waals surface area contributed by atoms with Crippen molar-refractivity contribution >= 4 is 16.6 Å². The Morgan fingerprint density at radius 2 is 1.58 bits per heavy atom. The van der Waals surface area contributed by atoms with E-state index in [2.05, 4.69) is 26.2 Å². The quantitative estimate of drug-likeness (QED) is 0.610. The molecule has 12 heavy (non-hydrogen) atoms. The van der Waals surface area contributed by atoms with Gasteiger partial charge in [-0.1, -0.05) is 5.57 Å². The summed E-state index contributed by atoms with van der Waals surface area (Å²) in [4.78, 5) is 0. The Bertz CT molecular complexity index is 193. The fourth-order valence-corrected chi connectivity index (χ4v) is 11.6. The predicted octanol–water partition coefficient (Wildman–Crippen LogP) is 2.27. The molecule has 0 bridgehead atoms. The Morgan fingerprint density at radius 3 is 1.92 bits per heavy atom. The van der Waals surface area contributed by atoms with E-state index in [1.807, 2.05) is 0 Å². The van der Waals surface area contributed by atoms with Crippen LogP contribution in [0, 0.1) is 0 Å². The van der Waals surface area contributed by atoms with Crippen molar-refractivity contribution in [1.82, 2.24) is 0 Å². The van der Waals surface area contributed by atoms with Crippen LogP contribution in [-0.4, -0.2) is 16.6 Å². The second-order valence-corrected chi connectivity index (χ2v) is 13.4. The smallest absolute Gasteiger partial charge is 0.177 e. The number of nitrogens with two attached hydrogens (primary N) is 1. The molecule has 1 rings (SSSR count). The van der Waals surface area contributed by atoms with Gasteiger partial charge in [0.15, 0.2) is 16.6 Å². The van der Waals surface area contributed by atoms with Crippen molar-refractivity contribution in [3.8, 4) is 0 Å². The van der Waals surface area contributed by atoms with E-state index in [1.165, 1.54) is 5.57 Å². The van der Waals surface area contributed by atoms with Crippen molar-refractivity contribution in [3.63, 3.8) is 0 Å². The van der Waals surface area contributed by atoms with Gasteiger partial charge < -0.3 is 9.85 Å². The summed E-state index contributed by atoms with van der Waals surface area (Å²) in [5, 5.41) is 0. The highest BCUT2D eigenvalue weighted by molar-refractivity contribution is 6.87. The maximum Gasteiger partial charge on any atom is 0.177 e. The first-order chi connectivity index (χ1) is 5.35. The molecule has 2 N–H and O–H groups in total. The molecule has 1 aliphatic heterocycles. The molecule has 0 aromatic rings. The minimum absolute atomic E-state index is 1.12. The fraction of sp³-hybridized carbons (Fsp3) is 0.750. The van der Waals surface area contributed by atoms with E-state index < -0.39 is 16.6 Å². The number of rotatable bonds is 0. The summed E-state index contributed by atoms with van der Waals surface area (Å²) in [5.41, 5.74) is 7.00. The van der Waals surface area contributed by atoms with Crippen LogP contribution in [-0.2, 0) is 4.12 Å². The third-order valence-corrected chi connectivity index (χ3v) is 9.13. The molecule has 70 valence electrons. The van der Waals surface area contributed by atoms with E-state index in [4.69, 9.17) is 9.85 Å². The lowest BCUT2D eigenvalue weighted by molar-refractivity contribution is 0.532. The van der Waals surface area contributed by atoms with Gasteiger partial charge in [0.1, 0.15) is 0 Å². The summed E-state index contributed by atoms with van der Waals surface area (Å²) >= 11 is 0. The maximum absolute atomic E-state index is 6.17. The lowest BCUT2D eigenvalue weighted by Crippen LogP contribution is -2.48. The second kappa shape index (κ2) is 3.01. The Balaban J connectivity index is 2.80. The van der Waals surface area contributed by atoms with Crippen molar-refractivity contribution in [2.24, 2.45) is 5.73 Å². The summed E-state index contributed by atoms with van der Waals surface area (Å²) in [7, 11) is -2.79. The zero-order valence-electron chi connectivity index (χ0n) is 8.48. The second-order valence-electron chi connectivity index (χ2n) is 4.80. The van der Waals surface area contributed by atoms with Gasteiger partial charge in [-0.3, -0.25) is 0 Å². The zero-order chi connectivity index (χ0) is 9.41. The van der Waals surface area contributed by atoms with Crippen LogP contribution >= 0.6 is 0 Å². The molecule has 0 unspecified atom stereocenters. The molecule has 2 nitrogen and oxygen atoms in total. The summed E-state index contributed by atoms with van der Waals surface area (Å²) in [5.74, 6) is 0. The van der Waals surface area contributed by atoms with Crippen LogP contribution in [0.1, 0.15) is 0 Å². The van der Waals surface area contributed by atoms with E-state index >= 15 is 0 Å². The number of hydrogen-bond acceptors (Lipinski definition) is 2. The van der Waals surface area contributed by atoms with Crippen molar-refractivity contribution in [2.75, 3.05) is 0 Å². The largest absolute Gasteiger partial charge is 0.455 e. The predicted molar refractivity (Wildman–Crippen MR) is 57.9 cm³/mol. The van der Waals surface area contributed by atoms with Crippen LogP contribution < -0.4 is 5.73 Å². The van der Waals surface area contributed by atoms with Crippen LogP contribution in [0.3, 0.4) is 0 Å². The van der Waals surface area contributed by atoms with Gasteiger partial charge in [0.05, 0.1) is 0 Å². The van der Waals surface area contributed by atoms with Crippen LogP contribution in [0.25, 0.3) is 0 Å². The Labute approximate surface area is 77.1 Å². The Morgan fingerprint density at radius 1 is 1.17 bits per heavy atom. The molecule has 1 saturated heterocycles. The minimum Gasteiger partial charge on any atom is -0.455 e. The van der Waals surface area contributed by atoms with E-state index in [0.29, 0.717) is 0 Å². The topological polar surface area (TPSA) is 35.2 Å². The SMILES string of the molecule is C[Si]1(C)CC(=CN)C[Si](C)(C)O1. The van der Waals surface area contributed by atoms with Gasteiger partial charge in [0, 0.05) is 0 Å².